The second-order valence-electron chi connectivity index (χ2n) is 4.09. The van der Waals surface area contributed by atoms with Crippen LogP contribution in [0.5, 0.6) is 0 Å². The zero-order chi connectivity index (χ0) is 9.90. The lowest BCUT2D eigenvalue weighted by atomic mass is 9.85. The van der Waals surface area contributed by atoms with Crippen molar-refractivity contribution < 1.29 is 5.11 Å². The van der Waals surface area contributed by atoms with Crippen LogP contribution in [0.2, 0.25) is 0 Å². The fourth-order valence-electron chi connectivity index (χ4n) is 1.28. The van der Waals surface area contributed by atoms with Gasteiger partial charge in [0.15, 0.2) is 0 Å². The predicted molar refractivity (Wildman–Crippen MR) is 55.9 cm³/mol. The first-order valence-electron chi connectivity index (χ1n) is 4.80. The van der Waals surface area contributed by atoms with Gasteiger partial charge in [-0.15, -0.1) is 0 Å². The Kier molecular flexibility index (Phi) is 3.10. The molecule has 13 heavy (non-hydrogen) atoms. The average Bonchev–Trinajstić information content (AvgIpc) is 2.18. The summed E-state index contributed by atoms with van der Waals surface area (Å²) in [4.78, 5) is 0. The molecule has 0 spiro atoms. The van der Waals surface area contributed by atoms with E-state index in [1.54, 1.807) is 0 Å². The summed E-state index contributed by atoms with van der Waals surface area (Å²) in [6.45, 7) is 6.44. The minimum absolute atomic E-state index is 0.119. The average molecular weight is 178 g/mol. The van der Waals surface area contributed by atoms with Crippen molar-refractivity contribution in [2.75, 3.05) is 6.61 Å². The maximum Gasteiger partial charge on any atom is 0.0522 e. The normalized spacial score (nSPS) is 11.7. The maximum atomic E-state index is 9.17. The first kappa shape index (κ1) is 10.3. The standard InChI is InChI=1S/C12H18O/c1-4-10-5-7-11(8-6-10)12(2,3)9-13/h5-8,13H,4,9H2,1-3H3. The highest BCUT2D eigenvalue weighted by Crippen LogP contribution is 2.22. The monoisotopic (exact) mass is 178 g/mol. The van der Waals surface area contributed by atoms with Crippen LogP contribution in [-0.4, -0.2) is 11.7 Å². The van der Waals surface area contributed by atoms with E-state index in [9.17, 15) is 5.11 Å². The third kappa shape index (κ3) is 2.31. The van der Waals surface area contributed by atoms with E-state index in [0.717, 1.165) is 6.42 Å². The van der Waals surface area contributed by atoms with Crippen molar-refractivity contribution in [3.8, 4) is 0 Å². The molecular weight excluding hydrogens is 160 g/mol. The third-order valence-corrected chi connectivity index (χ3v) is 2.54. The van der Waals surface area contributed by atoms with Crippen LogP contribution in [0.1, 0.15) is 31.9 Å². The number of benzene rings is 1. The van der Waals surface area contributed by atoms with E-state index in [1.165, 1.54) is 11.1 Å². The predicted octanol–water partition coefficient (Wildman–Crippen LogP) is 2.52. The molecule has 0 fully saturated rings. The summed E-state index contributed by atoms with van der Waals surface area (Å²) in [5.74, 6) is 0. The molecule has 1 nitrogen and oxygen atoms in total. The van der Waals surface area contributed by atoms with Crippen molar-refractivity contribution in [3.63, 3.8) is 0 Å². The Hall–Kier alpha value is -0.820. The van der Waals surface area contributed by atoms with E-state index in [4.69, 9.17) is 0 Å². The first-order chi connectivity index (χ1) is 6.10. The Balaban J connectivity index is 2.92. The molecule has 1 heteroatoms. The highest BCUT2D eigenvalue weighted by Gasteiger charge is 2.18. The Morgan fingerprint density at radius 3 is 2.08 bits per heavy atom. The maximum absolute atomic E-state index is 9.17. The van der Waals surface area contributed by atoms with Crippen LogP contribution in [0.25, 0.3) is 0 Å². The Morgan fingerprint density at radius 1 is 1.15 bits per heavy atom. The van der Waals surface area contributed by atoms with Gasteiger partial charge in [0.1, 0.15) is 0 Å². The van der Waals surface area contributed by atoms with Crippen LogP contribution in [0.4, 0.5) is 0 Å². The molecular formula is C12H18O. The summed E-state index contributed by atoms with van der Waals surface area (Å²) in [6, 6.07) is 8.48. The van der Waals surface area contributed by atoms with Gasteiger partial charge in [-0.2, -0.15) is 0 Å². The van der Waals surface area contributed by atoms with Gasteiger partial charge in [0.25, 0.3) is 0 Å². The highest BCUT2D eigenvalue weighted by molar-refractivity contribution is 5.28. The topological polar surface area (TPSA) is 20.2 Å². The van der Waals surface area contributed by atoms with Crippen LogP contribution in [-0.2, 0) is 11.8 Å². The van der Waals surface area contributed by atoms with Gasteiger partial charge in [0, 0.05) is 5.41 Å². The number of hydrogen-bond donors (Lipinski definition) is 1. The van der Waals surface area contributed by atoms with Gasteiger partial charge in [0.05, 0.1) is 6.61 Å². The second-order valence-corrected chi connectivity index (χ2v) is 4.09. The summed E-state index contributed by atoms with van der Waals surface area (Å²) >= 11 is 0. The van der Waals surface area contributed by atoms with Crippen molar-refractivity contribution in [2.24, 2.45) is 0 Å². The molecule has 0 saturated heterocycles. The number of hydrogen-bond acceptors (Lipinski definition) is 1. The number of aryl methyl sites for hydroxylation is 1. The fourth-order valence-corrected chi connectivity index (χ4v) is 1.28. The highest BCUT2D eigenvalue weighted by atomic mass is 16.3. The van der Waals surface area contributed by atoms with Gasteiger partial charge in [-0.3, -0.25) is 0 Å². The summed E-state index contributed by atoms with van der Waals surface area (Å²) in [5.41, 5.74) is 2.43. The van der Waals surface area contributed by atoms with E-state index in [-0.39, 0.29) is 12.0 Å². The molecule has 0 aromatic heterocycles. The molecule has 0 aliphatic heterocycles. The zero-order valence-corrected chi connectivity index (χ0v) is 8.67. The van der Waals surface area contributed by atoms with Gasteiger partial charge < -0.3 is 5.11 Å². The van der Waals surface area contributed by atoms with E-state index < -0.39 is 0 Å². The van der Waals surface area contributed by atoms with Gasteiger partial charge in [-0.05, 0) is 17.5 Å². The molecule has 0 aliphatic rings. The number of rotatable bonds is 3. The van der Waals surface area contributed by atoms with Crippen molar-refractivity contribution in [2.45, 2.75) is 32.6 Å². The molecule has 0 radical (unpaired) electrons. The Labute approximate surface area is 80.4 Å². The van der Waals surface area contributed by atoms with Gasteiger partial charge >= 0.3 is 0 Å². The van der Waals surface area contributed by atoms with Gasteiger partial charge in [-0.1, -0.05) is 45.0 Å². The van der Waals surface area contributed by atoms with Crippen LogP contribution >= 0.6 is 0 Å². The largest absolute Gasteiger partial charge is 0.395 e. The van der Waals surface area contributed by atoms with Gasteiger partial charge in [0.2, 0.25) is 0 Å². The SMILES string of the molecule is CCc1ccc(C(C)(C)CO)cc1. The molecule has 0 saturated carbocycles. The zero-order valence-electron chi connectivity index (χ0n) is 8.67. The van der Waals surface area contributed by atoms with E-state index in [0.29, 0.717) is 0 Å². The lowest BCUT2D eigenvalue weighted by Crippen LogP contribution is -2.21. The first-order valence-corrected chi connectivity index (χ1v) is 4.80. The number of aliphatic hydroxyl groups is 1. The summed E-state index contributed by atoms with van der Waals surface area (Å²) in [6.07, 6.45) is 1.07. The fraction of sp³-hybridized carbons (Fsp3) is 0.500. The Bertz CT molecular complexity index is 259. The molecule has 0 amide bonds. The minimum Gasteiger partial charge on any atom is -0.395 e. The van der Waals surface area contributed by atoms with Crippen molar-refractivity contribution in [1.82, 2.24) is 0 Å². The summed E-state index contributed by atoms with van der Waals surface area (Å²) < 4.78 is 0. The second kappa shape index (κ2) is 3.93. The molecule has 1 N–H and O–H groups in total. The third-order valence-electron chi connectivity index (χ3n) is 2.54. The van der Waals surface area contributed by atoms with Crippen molar-refractivity contribution in [1.29, 1.82) is 0 Å². The van der Waals surface area contributed by atoms with Crippen LogP contribution in [0.15, 0.2) is 24.3 Å². The minimum atomic E-state index is -0.119. The van der Waals surface area contributed by atoms with Gasteiger partial charge in [-0.25, -0.2) is 0 Å². The Morgan fingerprint density at radius 2 is 1.69 bits per heavy atom. The molecule has 72 valence electrons. The van der Waals surface area contributed by atoms with Crippen LogP contribution in [0.3, 0.4) is 0 Å². The van der Waals surface area contributed by atoms with Crippen LogP contribution < -0.4 is 0 Å². The lowest BCUT2D eigenvalue weighted by Gasteiger charge is -2.22. The van der Waals surface area contributed by atoms with E-state index in [1.807, 2.05) is 13.8 Å². The van der Waals surface area contributed by atoms with Crippen LogP contribution in [0, 0.1) is 0 Å². The lowest BCUT2D eigenvalue weighted by molar-refractivity contribution is 0.218. The molecule has 1 rings (SSSR count). The molecule has 0 bridgehead atoms. The summed E-state index contributed by atoms with van der Waals surface area (Å²) in [5, 5.41) is 9.17. The van der Waals surface area contributed by atoms with E-state index >= 15 is 0 Å². The molecule has 0 atom stereocenters. The quantitative estimate of drug-likeness (QED) is 0.754. The smallest absolute Gasteiger partial charge is 0.0522 e. The molecule has 1 aromatic rings. The van der Waals surface area contributed by atoms with E-state index in [2.05, 4.69) is 31.2 Å². The molecule has 0 heterocycles. The molecule has 0 aliphatic carbocycles. The molecule has 1 aromatic carbocycles. The molecule has 0 unspecified atom stereocenters. The summed E-state index contributed by atoms with van der Waals surface area (Å²) in [7, 11) is 0. The van der Waals surface area contributed by atoms with Crippen molar-refractivity contribution in [3.05, 3.63) is 35.4 Å². The number of aliphatic hydroxyl groups excluding tert-OH is 1. The van der Waals surface area contributed by atoms with Crippen molar-refractivity contribution >= 4 is 0 Å².